The maximum absolute atomic E-state index is 5.86. The molecule has 0 N–H and O–H groups in total. The summed E-state index contributed by atoms with van der Waals surface area (Å²) >= 11 is 5.86. The lowest BCUT2D eigenvalue weighted by molar-refractivity contribution is 0.303. The highest BCUT2D eigenvalue weighted by Gasteiger charge is 2.08. The van der Waals surface area contributed by atoms with Crippen LogP contribution < -0.4 is 4.74 Å². The Morgan fingerprint density at radius 3 is 2.61 bits per heavy atom. The molecule has 0 aliphatic heterocycles. The number of fused-ring (bicyclic) bond motifs is 1. The molecule has 0 aliphatic rings. The van der Waals surface area contributed by atoms with E-state index in [-0.39, 0.29) is 0 Å². The topological polar surface area (TPSA) is 27.1 Å². The van der Waals surface area contributed by atoms with Gasteiger partial charge < -0.3 is 9.30 Å². The maximum atomic E-state index is 5.86. The molecular formula is C19H21ClN2O. The number of rotatable bonds is 7. The number of unbranched alkanes of at least 4 members (excludes halogenated alkanes) is 1. The fourth-order valence-corrected chi connectivity index (χ4v) is 2.86. The zero-order valence-corrected chi connectivity index (χ0v) is 14.1. The third kappa shape index (κ3) is 3.85. The Morgan fingerprint density at radius 1 is 1.04 bits per heavy atom. The van der Waals surface area contributed by atoms with Crippen molar-refractivity contribution in [1.29, 1.82) is 0 Å². The van der Waals surface area contributed by atoms with Crippen LogP contribution in [0.25, 0.3) is 11.0 Å². The summed E-state index contributed by atoms with van der Waals surface area (Å²) in [4.78, 5) is 4.71. The molecule has 3 nitrogen and oxygen atoms in total. The summed E-state index contributed by atoms with van der Waals surface area (Å²) in [5, 5.41) is 0.733. The Morgan fingerprint density at radius 2 is 1.83 bits per heavy atom. The highest BCUT2D eigenvalue weighted by molar-refractivity contribution is 6.30. The number of imidazole rings is 1. The minimum absolute atomic E-state index is 0.718. The van der Waals surface area contributed by atoms with Gasteiger partial charge in [0.2, 0.25) is 0 Å². The number of hydrogen-bond acceptors (Lipinski definition) is 2. The van der Waals surface area contributed by atoms with Crippen molar-refractivity contribution >= 4 is 22.6 Å². The van der Waals surface area contributed by atoms with Gasteiger partial charge in [-0.15, -0.1) is 0 Å². The van der Waals surface area contributed by atoms with E-state index in [2.05, 4.69) is 29.7 Å². The van der Waals surface area contributed by atoms with Crippen molar-refractivity contribution < 1.29 is 4.74 Å². The first kappa shape index (κ1) is 15.9. The number of halogens is 1. The predicted molar refractivity (Wildman–Crippen MR) is 95.3 cm³/mol. The molecule has 3 rings (SSSR count). The van der Waals surface area contributed by atoms with E-state index < -0.39 is 0 Å². The molecule has 0 fully saturated rings. The second-order valence-electron chi connectivity index (χ2n) is 5.53. The number of nitrogens with zero attached hydrogens (tertiary/aromatic N) is 2. The lowest BCUT2D eigenvalue weighted by Gasteiger charge is -2.09. The van der Waals surface area contributed by atoms with Crippen LogP contribution in [0.3, 0.4) is 0 Å². The molecule has 23 heavy (non-hydrogen) atoms. The van der Waals surface area contributed by atoms with Crippen LogP contribution in [-0.4, -0.2) is 16.2 Å². The van der Waals surface area contributed by atoms with Crippen LogP contribution in [-0.2, 0) is 13.0 Å². The van der Waals surface area contributed by atoms with Crippen LogP contribution >= 0.6 is 11.6 Å². The average Bonchev–Trinajstić information content (AvgIpc) is 2.94. The molecule has 4 heteroatoms. The predicted octanol–water partition coefficient (Wildman–Crippen LogP) is 5.11. The molecule has 0 spiro atoms. The lowest BCUT2D eigenvalue weighted by Crippen LogP contribution is -2.05. The molecule has 1 heterocycles. The quantitative estimate of drug-likeness (QED) is 0.563. The van der Waals surface area contributed by atoms with Gasteiger partial charge in [0.15, 0.2) is 0 Å². The first-order chi connectivity index (χ1) is 11.3. The molecule has 0 saturated heterocycles. The number of hydrogen-bond donors (Lipinski definition) is 0. The van der Waals surface area contributed by atoms with E-state index in [1.807, 2.05) is 30.3 Å². The zero-order valence-electron chi connectivity index (χ0n) is 13.3. The summed E-state index contributed by atoms with van der Waals surface area (Å²) in [6, 6.07) is 15.8. The Labute approximate surface area is 141 Å². The molecule has 120 valence electrons. The Balaban J connectivity index is 1.53. The Bertz CT molecular complexity index is 765. The van der Waals surface area contributed by atoms with E-state index in [1.165, 1.54) is 5.52 Å². The van der Waals surface area contributed by atoms with E-state index in [0.717, 1.165) is 54.5 Å². The number of benzene rings is 2. The van der Waals surface area contributed by atoms with Crippen LogP contribution in [0.4, 0.5) is 0 Å². The molecule has 0 aliphatic carbocycles. The first-order valence-corrected chi connectivity index (χ1v) is 8.48. The molecule has 0 radical (unpaired) electrons. The van der Waals surface area contributed by atoms with E-state index >= 15 is 0 Å². The molecule has 0 amide bonds. The largest absolute Gasteiger partial charge is 0.494 e. The van der Waals surface area contributed by atoms with Gasteiger partial charge in [-0.3, -0.25) is 0 Å². The van der Waals surface area contributed by atoms with Crippen LogP contribution in [0.1, 0.15) is 25.6 Å². The molecule has 0 saturated carbocycles. The van der Waals surface area contributed by atoms with Gasteiger partial charge in [0.1, 0.15) is 11.6 Å². The van der Waals surface area contributed by atoms with Gasteiger partial charge in [-0.25, -0.2) is 4.98 Å². The first-order valence-electron chi connectivity index (χ1n) is 8.10. The van der Waals surface area contributed by atoms with Gasteiger partial charge in [0.05, 0.1) is 17.6 Å². The minimum atomic E-state index is 0.718. The Kier molecular flexibility index (Phi) is 5.19. The summed E-state index contributed by atoms with van der Waals surface area (Å²) in [5.41, 5.74) is 2.31. The third-order valence-electron chi connectivity index (χ3n) is 3.91. The van der Waals surface area contributed by atoms with Gasteiger partial charge in [0.25, 0.3) is 0 Å². The van der Waals surface area contributed by atoms with Crippen LogP contribution in [0.2, 0.25) is 5.02 Å². The van der Waals surface area contributed by atoms with E-state index in [0.29, 0.717) is 0 Å². The van der Waals surface area contributed by atoms with Crippen molar-refractivity contribution in [3.8, 4) is 5.75 Å². The van der Waals surface area contributed by atoms with Crippen LogP contribution in [0.15, 0.2) is 48.5 Å². The second-order valence-corrected chi connectivity index (χ2v) is 5.97. The van der Waals surface area contributed by atoms with E-state index in [4.69, 9.17) is 21.3 Å². The summed E-state index contributed by atoms with van der Waals surface area (Å²) in [6.07, 6.45) is 3.04. The normalized spacial score (nSPS) is 11.0. The molecule has 3 aromatic rings. The van der Waals surface area contributed by atoms with Crippen LogP contribution in [0, 0.1) is 0 Å². The van der Waals surface area contributed by atoms with Gasteiger partial charge >= 0.3 is 0 Å². The minimum Gasteiger partial charge on any atom is -0.494 e. The fraction of sp³-hybridized carbons (Fsp3) is 0.316. The van der Waals surface area contributed by atoms with Gasteiger partial charge in [-0.1, -0.05) is 30.7 Å². The molecule has 2 aromatic carbocycles. The van der Waals surface area contributed by atoms with E-state index in [9.17, 15) is 0 Å². The SMILES string of the molecule is CCc1nc2ccccc2n1CCCCOc1ccc(Cl)cc1. The highest BCUT2D eigenvalue weighted by atomic mass is 35.5. The summed E-state index contributed by atoms with van der Waals surface area (Å²) in [5.74, 6) is 2.03. The molecule has 0 bridgehead atoms. The monoisotopic (exact) mass is 328 g/mol. The van der Waals surface area contributed by atoms with Crippen molar-refractivity contribution in [1.82, 2.24) is 9.55 Å². The smallest absolute Gasteiger partial charge is 0.119 e. The van der Waals surface area contributed by atoms with Crippen molar-refractivity contribution in [2.45, 2.75) is 32.7 Å². The fourth-order valence-electron chi connectivity index (χ4n) is 2.74. The number of para-hydroxylation sites is 2. The van der Waals surface area contributed by atoms with Crippen molar-refractivity contribution in [3.63, 3.8) is 0 Å². The summed E-state index contributed by atoms with van der Waals surface area (Å²) in [7, 11) is 0. The van der Waals surface area contributed by atoms with Crippen molar-refractivity contribution in [2.24, 2.45) is 0 Å². The molecular weight excluding hydrogens is 308 g/mol. The van der Waals surface area contributed by atoms with Gasteiger partial charge in [0, 0.05) is 18.0 Å². The lowest BCUT2D eigenvalue weighted by atomic mass is 10.3. The summed E-state index contributed by atoms with van der Waals surface area (Å²) in [6.45, 7) is 3.85. The molecule has 1 aromatic heterocycles. The average molecular weight is 329 g/mol. The second kappa shape index (κ2) is 7.51. The number of aromatic nitrogens is 2. The standard InChI is InChI=1S/C19H21ClN2O/c1-2-19-21-17-7-3-4-8-18(17)22(19)13-5-6-14-23-16-11-9-15(20)10-12-16/h3-4,7-12H,2,5-6,13-14H2,1H3. The Hall–Kier alpha value is -2.00. The number of aryl methyl sites for hydroxylation is 2. The molecule has 0 atom stereocenters. The van der Waals surface area contributed by atoms with Gasteiger partial charge in [-0.05, 0) is 49.2 Å². The van der Waals surface area contributed by atoms with Crippen molar-refractivity contribution in [3.05, 3.63) is 59.4 Å². The number of ether oxygens (including phenoxy) is 1. The maximum Gasteiger partial charge on any atom is 0.119 e. The van der Waals surface area contributed by atoms with Crippen molar-refractivity contribution in [2.75, 3.05) is 6.61 Å². The van der Waals surface area contributed by atoms with E-state index in [1.54, 1.807) is 0 Å². The molecule has 0 unspecified atom stereocenters. The van der Waals surface area contributed by atoms with Gasteiger partial charge in [-0.2, -0.15) is 0 Å². The summed E-state index contributed by atoms with van der Waals surface area (Å²) < 4.78 is 8.07. The van der Waals surface area contributed by atoms with Crippen LogP contribution in [0.5, 0.6) is 5.75 Å². The highest BCUT2D eigenvalue weighted by Crippen LogP contribution is 2.18. The zero-order chi connectivity index (χ0) is 16.1. The third-order valence-corrected chi connectivity index (χ3v) is 4.16.